The fourth-order valence-corrected chi connectivity index (χ4v) is 7.05. The van der Waals surface area contributed by atoms with E-state index in [0.29, 0.717) is 5.57 Å². The molecule has 0 radical (unpaired) electrons. The molecule has 3 unspecified atom stereocenters. The second-order valence-electron chi connectivity index (χ2n) is 7.72. The second kappa shape index (κ2) is 12.4. The molecule has 2 heterocycles. The summed E-state index contributed by atoms with van der Waals surface area (Å²) in [5.41, 5.74) is 4.27. The minimum Gasteiger partial charge on any atom is -0.459 e. The molecule has 3 atom stereocenters. The quantitative estimate of drug-likeness (QED) is 0.102. The number of ether oxygens (including phenoxy) is 1. The highest BCUT2D eigenvalue weighted by Crippen LogP contribution is 2.45. The van der Waals surface area contributed by atoms with Gasteiger partial charge in [-0.2, -0.15) is 0 Å². The molecule has 2 aliphatic rings. The molecule has 0 aliphatic carbocycles. The molecule has 14 heteroatoms. The summed E-state index contributed by atoms with van der Waals surface area (Å²) in [7, 11) is 2.64. The van der Waals surface area contributed by atoms with Crippen LogP contribution in [0, 0.1) is 0 Å². The van der Waals surface area contributed by atoms with Crippen molar-refractivity contribution in [3.05, 3.63) is 59.2 Å². The Kier molecular flexibility index (Phi) is 10.0. The van der Waals surface area contributed by atoms with E-state index in [9.17, 15) is 14.4 Å². The number of rotatable bonds is 10. The zero-order valence-corrected chi connectivity index (χ0v) is 23.4. The Hall–Kier alpha value is -1.21. The van der Waals surface area contributed by atoms with Crippen LogP contribution < -0.4 is 10.7 Å². The average Bonchev–Trinajstić information content (AvgIpc) is 3.20. The van der Waals surface area contributed by atoms with Crippen LogP contribution in [0.2, 0.25) is 0 Å². The first-order chi connectivity index (χ1) is 16.5. The zero-order valence-electron chi connectivity index (χ0n) is 18.7. The predicted molar refractivity (Wildman–Crippen MR) is 144 cm³/mol. The van der Waals surface area contributed by atoms with Gasteiger partial charge in [0.1, 0.15) is 18.0 Å². The lowest BCUT2D eigenvalue weighted by molar-refractivity contribution is -0.162. The maximum absolute atomic E-state index is 13.2. The van der Waals surface area contributed by atoms with E-state index in [1.807, 2.05) is 43.5 Å². The van der Waals surface area contributed by atoms with Gasteiger partial charge in [0.15, 0.2) is 6.04 Å². The number of nitrogens with zero attached hydrogens (tertiary/aromatic N) is 2. The van der Waals surface area contributed by atoms with Crippen LogP contribution in [0.4, 0.5) is 0 Å². The van der Waals surface area contributed by atoms with Crippen LogP contribution in [0.5, 0.6) is 0 Å². The molecule has 0 spiro atoms. The van der Waals surface area contributed by atoms with Crippen molar-refractivity contribution in [1.29, 1.82) is 0 Å². The van der Waals surface area contributed by atoms with Crippen molar-refractivity contribution in [2.24, 2.45) is 0 Å². The average molecular weight is 598 g/mol. The number of allylic oxidation sites excluding steroid dienone is 1. The molecule has 1 saturated heterocycles. The number of benzene rings is 1. The van der Waals surface area contributed by atoms with Crippen LogP contribution in [0.1, 0.15) is 19.4 Å². The van der Waals surface area contributed by atoms with Crippen molar-refractivity contribution in [2.45, 2.75) is 41.5 Å². The van der Waals surface area contributed by atoms with E-state index in [2.05, 4.69) is 17.3 Å². The number of nitrogens with one attached hydrogen (secondary N) is 2. The minimum atomic E-state index is -1.80. The third kappa shape index (κ3) is 7.88. The van der Waals surface area contributed by atoms with E-state index in [1.165, 1.54) is 38.6 Å². The zero-order chi connectivity index (χ0) is 25.8. The van der Waals surface area contributed by atoms with Gasteiger partial charge in [-0.25, -0.2) is 4.79 Å². The fraction of sp³-hybridized carbons (Fsp3) is 0.381. The molecule has 8 nitrogen and oxygen atoms in total. The van der Waals surface area contributed by atoms with E-state index in [0.717, 1.165) is 10.5 Å². The van der Waals surface area contributed by atoms with Crippen molar-refractivity contribution >= 4 is 86.3 Å². The number of carbonyl (C=O) groups is 3. The van der Waals surface area contributed by atoms with E-state index in [-0.39, 0.29) is 12.3 Å². The maximum atomic E-state index is 13.2. The maximum Gasteiger partial charge on any atom is 0.333 e. The summed E-state index contributed by atoms with van der Waals surface area (Å²) in [6, 6.07) is 7.26. The first-order valence-electron chi connectivity index (χ1n) is 10.2. The van der Waals surface area contributed by atoms with Crippen LogP contribution in [0.25, 0.3) is 0 Å². The monoisotopic (exact) mass is 596 g/mol. The number of alkyl halides is 3. The van der Waals surface area contributed by atoms with Gasteiger partial charge in [0.05, 0.1) is 6.42 Å². The molecule has 2 amide bonds. The lowest BCUT2D eigenvalue weighted by atomic mass is 9.99. The van der Waals surface area contributed by atoms with Gasteiger partial charge in [0.2, 0.25) is 15.6 Å². The number of carbonyl (C=O) groups excluding carboxylic acids is 3. The van der Waals surface area contributed by atoms with E-state index in [1.54, 1.807) is 10.7 Å². The van der Waals surface area contributed by atoms with Gasteiger partial charge in [-0.15, -0.1) is 0 Å². The molecule has 1 aromatic rings. The molecule has 190 valence electrons. The normalized spacial score (nSPS) is 21.0. The Morgan fingerprint density at radius 3 is 2.57 bits per heavy atom. The van der Waals surface area contributed by atoms with Crippen LogP contribution >= 0.6 is 68.5 Å². The number of hydrogen-bond donors (Lipinski definition) is 2. The lowest BCUT2D eigenvalue weighted by Gasteiger charge is -2.49. The summed E-state index contributed by atoms with van der Waals surface area (Å²) in [6.07, 6.45) is 1.96. The van der Waals surface area contributed by atoms with Crippen molar-refractivity contribution in [3.63, 3.8) is 0 Å². The van der Waals surface area contributed by atoms with Crippen LogP contribution in [0.3, 0.4) is 0 Å². The summed E-state index contributed by atoms with van der Waals surface area (Å²) in [4.78, 5) is 41.1. The Morgan fingerprint density at radius 2 is 2.00 bits per heavy atom. The Morgan fingerprint density at radius 1 is 1.31 bits per heavy atom. The molecule has 0 bridgehead atoms. The Balaban J connectivity index is 1.73. The summed E-state index contributed by atoms with van der Waals surface area (Å²) in [5.74, 6) is -1.51. The topological polar surface area (TPSA) is 91.0 Å². The highest BCUT2D eigenvalue weighted by atomic mass is 35.6. The van der Waals surface area contributed by atoms with Crippen molar-refractivity contribution in [2.75, 3.05) is 6.61 Å². The highest BCUT2D eigenvalue weighted by molar-refractivity contribution is 8.77. The van der Waals surface area contributed by atoms with Gasteiger partial charge in [-0.3, -0.25) is 9.59 Å². The minimum absolute atomic E-state index is 0.122. The summed E-state index contributed by atoms with van der Waals surface area (Å²) in [5, 5.41) is 2.21. The van der Waals surface area contributed by atoms with Gasteiger partial charge in [0.25, 0.3) is 0 Å². The van der Waals surface area contributed by atoms with Crippen molar-refractivity contribution < 1.29 is 19.1 Å². The highest BCUT2D eigenvalue weighted by Gasteiger charge is 2.54. The Labute approximate surface area is 231 Å². The van der Waals surface area contributed by atoms with Crippen LogP contribution in [-0.4, -0.2) is 54.4 Å². The first kappa shape index (κ1) is 28.4. The van der Waals surface area contributed by atoms with Crippen LogP contribution in [-0.2, 0) is 25.5 Å². The largest absolute Gasteiger partial charge is 0.459 e. The molecule has 3 rings (SSSR count). The molecule has 2 N–H and O–H groups in total. The summed E-state index contributed by atoms with van der Waals surface area (Å²) in [6.45, 7) is 6.93. The lowest BCUT2D eigenvalue weighted by Crippen LogP contribution is -2.73. The molecule has 0 aromatic heterocycles. The SMILES string of the molecule is C=C(C)C(C(=O)OCC(Cl)(Cl)Cl)N1C(=O)C(NC(=O)Cc2ccccc2)C1SSN1NC=C(C)S1. The predicted octanol–water partition coefficient (Wildman–Crippen LogP) is 4.37. The van der Waals surface area contributed by atoms with E-state index in [4.69, 9.17) is 39.5 Å². The van der Waals surface area contributed by atoms with Gasteiger partial charge < -0.3 is 20.4 Å². The van der Waals surface area contributed by atoms with Crippen molar-refractivity contribution in [3.8, 4) is 0 Å². The summed E-state index contributed by atoms with van der Waals surface area (Å²) >= 11 is 18.6. The fourth-order valence-electron chi connectivity index (χ4n) is 3.23. The Bertz CT molecular complexity index is 1010. The molecule has 0 saturated carbocycles. The smallest absolute Gasteiger partial charge is 0.333 e. The molecule has 1 fully saturated rings. The third-order valence-corrected chi connectivity index (χ3v) is 8.81. The molecular formula is C21H23Cl3N4O4S3. The summed E-state index contributed by atoms with van der Waals surface area (Å²) < 4.78 is 5.14. The molecule has 2 aliphatic heterocycles. The molecular weight excluding hydrogens is 575 g/mol. The van der Waals surface area contributed by atoms with Gasteiger partial charge in [-0.05, 0) is 47.7 Å². The number of esters is 1. The number of amides is 2. The van der Waals surface area contributed by atoms with E-state index >= 15 is 0 Å². The van der Waals surface area contributed by atoms with Gasteiger partial charge in [0, 0.05) is 22.1 Å². The number of β-lactam (4-membered cyclic amide) rings is 1. The number of hydrogen-bond acceptors (Lipinski definition) is 9. The molecule has 35 heavy (non-hydrogen) atoms. The van der Waals surface area contributed by atoms with Gasteiger partial charge >= 0.3 is 5.97 Å². The first-order valence-corrected chi connectivity index (χ1v) is 14.3. The van der Waals surface area contributed by atoms with E-state index < -0.39 is 39.7 Å². The third-order valence-electron chi connectivity index (χ3n) is 4.76. The van der Waals surface area contributed by atoms with Gasteiger partial charge in [-0.1, -0.05) is 75.5 Å². The standard InChI is InChI=1S/C21H23Cl3N4O4S3/c1-12(2)17(20(31)32-11-21(22,23)24)27-18(30)16(19(27)34-35-28-25-10-13(3)33-28)26-15(29)9-14-7-5-4-6-8-14/h4-8,10,16-17,19,25H,1,9,11H2,2-3H3,(H,26,29). The van der Waals surface area contributed by atoms with Crippen molar-refractivity contribution in [1.82, 2.24) is 19.5 Å². The number of likely N-dealkylation sites (tertiary alicyclic amines) is 1. The van der Waals surface area contributed by atoms with Crippen LogP contribution in [0.15, 0.2) is 53.6 Å². The second-order valence-corrected chi connectivity index (χ2v) is 13.9. The number of halogens is 3. The number of hydrazine groups is 1. The molecule has 1 aromatic carbocycles.